The molecule has 2 nitrogen and oxygen atoms in total. The van der Waals surface area contributed by atoms with Gasteiger partial charge < -0.3 is 4.74 Å². The topological polar surface area (TPSA) is 26.3 Å². The first-order valence-corrected chi connectivity index (χ1v) is 13.8. The molecule has 2 heteroatoms. The van der Waals surface area contributed by atoms with Crippen LogP contribution in [0.25, 0.3) is 0 Å². The molecule has 0 N–H and O–H groups in total. The van der Waals surface area contributed by atoms with Crippen molar-refractivity contribution < 1.29 is 9.53 Å². The van der Waals surface area contributed by atoms with Crippen molar-refractivity contribution in [3.05, 3.63) is 0 Å². The van der Waals surface area contributed by atoms with E-state index < -0.39 is 0 Å². The fourth-order valence-electron chi connectivity index (χ4n) is 9.73. The van der Waals surface area contributed by atoms with Crippen molar-refractivity contribution in [2.24, 2.45) is 52.3 Å². The molecule has 4 aliphatic carbocycles. The van der Waals surface area contributed by atoms with E-state index in [0.717, 1.165) is 41.9 Å². The van der Waals surface area contributed by atoms with Crippen molar-refractivity contribution in [1.82, 2.24) is 0 Å². The van der Waals surface area contributed by atoms with Gasteiger partial charge in [-0.2, -0.15) is 0 Å². The quantitative estimate of drug-likeness (QED) is 0.398. The van der Waals surface area contributed by atoms with E-state index in [9.17, 15) is 4.79 Å². The summed E-state index contributed by atoms with van der Waals surface area (Å²) in [6.45, 7) is 14.2. The molecule has 4 fully saturated rings. The van der Waals surface area contributed by atoms with E-state index in [1.165, 1.54) is 70.6 Å². The maximum absolute atomic E-state index is 11.8. The van der Waals surface area contributed by atoms with Crippen molar-refractivity contribution in [3.8, 4) is 0 Å². The third kappa shape index (κ3) is 4.23. The highest BCUT2D eigenvalue weighted by atomic mass is 16.5. The van der Waals surface area contributed by atoms with Gasteiger partial charge in [0.25, 0.3) is 0 Å². The van der Waals surface area contributed by atoms with Gasteiger partial charge in [0.1, 0.15) is 6.10 Å². The average molecular weight is 431 g/mol. The zero-order valence-electron chi connectivity index (χ0n) is 21.4. The molecule has 4 aliphatic rings. The molecule has 0 unspecified atom stereocenters. The van der Waals surface area contributed by atoms with Crippen LogP contribution in [0.4, 0.5) is 0 Å². The van der Waals surface area contributed by atoms with E-state index in [-0.39, 0.29) is 12.1 Å². The summed E-state index contributed by atoms with van der Waals surface area (Å²) in [5.41, 5.74) is 0.967. The van der Waals surface area contributed by atoms with Gasteiger partial charge in [0.05, 0.1) is 0 Å². The van der Waals surface area contributed by atoms with Crippen LogP contribution in [-0.4, -0.2) is 12.1 Å². The predicted octanol–water partition coefficient (Wildman–Crippen LogP) is 8.04. The van der Waals surface area contributed by atoms with Crippen LogP contribution in [0.5, 0.6) is 0 Å². The Bertz CT molecular complexity index is 641. The van der Waals surface area contributed by atoms with Crippen LogP contribution in [-0.2, 0) is 9.53 Å². The lowest BCUT2D eigenvalue weighted by Gasteiger charge is -2.61. The second-order valence-electron chi connectivity index (χ2n) is 13.1. The predicted molar refractivity (Wildman–Crippen MR) is 129 cm³/mol. The van der Waals surface area contributed by atoms with E-state index in [1.807, 2.05) is 0 Å². The summed E-state index contributed by atoms with van der Waals surface area (Å²) in [7, 11) is 0. The van der Waals surface area contributed by atoms with Crippen molar-refractivity contribution in [1.29, 1.82) is 0 Å². The fraction of sp³-hybridized carbons (Fsp3) is 0.966. The maximum atomic E-state index is 11.8. The van der Waals surface area contributed by atoms with Gasteiger partial charge in [-0.05, 0) is 104 Å². The molecule has 9 atom stereocenters. The highest BCUT2D eigenvalue weighted by molar-refractivity contribution is 5.66. The number of rotatable bonds is 6. The fourth-order valence-corrected chi connectivity index (χ4v) is 9.73. The number of ether oxygens (including phenoxy) is 1. The van der Waals surface area contributed by atoms with Gasteiger partial charge in [0, 0.05) is 12.8 Å². The number of carbonyl (C=O) groups is 1. The number of hydrogen-bond donors (Lipinski definition) is 0. The van der Waals surface area contributed by atoms with E-state index >= 15 is 0 Å². The molecule has 0 radical (unpaired) electrons. The number of esters is 1. The molecule has 0 aromatic rings. The SMILES string of the molecule is CC(=O)O[C@@H]1CCC[C@]2(C)[C@@H]3CC[C@]4(C)[C@H](CC[C@H]4[C@H](C)CCCC(C)C)[C@H]3CC[C@@H]12. The van der Waals surface area contributed by atoms with Crippen molar-refractivity contribution in [2.75, 3.05) is 0 Å². The molecule has 0 amide bonds. The van der Waals surface area contributed by atoms with E-state index in [1.54, 1.807) is 6.92 Å². The van der Waals surface area contributed by atoms with Crippen LogP contribution in [0.2, 0.25) is 0 Å². The summed E-state index contributed by atoms with van der Waals surface area (Å²) in [6, 6.07) is 0. The van der Waals surface area contributed by atoms with Crippen LogP contribution < -0.4 is 0 Å². The lowest BCUT2D eigenvalue weighted by atomic mass is 9.44. The molecule has 178 valence electrons. The first-order valence-electron chi connectivity index (χ1n) is 13.8. The first-order chi connectivity index (χ1) is 14.7. The van der Waals surface area contributed by atoms with Gasteiger partial charge in [0.15, 0.2) is 0 Å². The molecule has 4 saturated carbocycles. The smallest absolute Gasteiger partial charge is 0.302 e. The van der Waals surface area contributed by atoms with Crippen LogP contribution in [0.1, 0.15) is 119 Å². The minimum atomic E-state index is -0.0716. The third-order valence-corrected chi connectivity index (χ3v) is 11.1. The minimum Gasteiger partial charge on any atom is -0.462 e. The summed E-state index contributed by atoms with van der Waals surface area (Å²) in [4.78, 5) is 11.8. The van der Waals surface area contributed by atoms with Gasteiger partial charge in [-0.3, -0.25) is 4.79 Å². The second kappa shape index (κ2) is 9.02. The Kier molecular flexibility index (Phi) is 6.87. The van der Waals surface area contributed by atoms with Crippen molar-refractivity contribution in [3.63, 3.8) is 0 Å². The Labute approximate surface area is 192 Å². The van der Waals surface area contributed by atoms with Crippen molar-refractivity contribution >= 4 is 5.97 Å². The van der Waals surface area contributed by atoms with Crippen LogP contribution >= 0.6 is 0 Å². The van der Waals surface area contributed by atoms with Crippen LogP contribution in [0, 0.1) is 52.3 Å². The molecule has 0 heterocycles. The standard InChI is InChI=1S/C29H50O2/c1-19(2)9-7-10-20(3)23-14-15-24-22-12-13-26-27(31-21(4)30)11-8-17-28(26,5)25(22)16-18-29(23,24)6/h19-20,22-27H,7-18H2,1-6H3/t20-,22-,23+,24-,25-,26+,27-,28-,29+/m1/s1. The van der Waals surface area contributed by atoms with Gasteiger partial charge in [-0.15, -0.1) is 0 Å². The Balaban J connectivity index is 1.47. The zero-order chi connectivity index (χ0) is 22.4. The molecular formula is C29H50O2. The summed E-state index contributed by atoms with van der Waals surface area (Å²) in [6.07, 6.45) is 16.6. The molecule has 31 heavy (non-hydrogen) atoms. The van der Waals surface area contributed by atoms with E-state index in [0.29, 0.717) is 16.7 Å². The van der Waals surface area contributed by atoms with Crippen LogP contribution in [0.15, 0.2) is 0 Å². The molecular weight excluding hydrogens is 380 g/mol. The number of carbonyl (C=O) groups excluding carboxylic acids is 1. The lowest BCUT2D eigenvalue weighted by Crippen LogP contribution is -2.56. The molecule has 4 rings (SSSR count). The van der Waals surface area contributed by atoms with Gasteiger partial charge >= 0.3 is 5.97 Å². The molecule has 0 spiro atoms. The zero-order valence-corrected chi connectivity index (χ0v) is 21.4. The Morgan fingerprint density at radius 3 is 2.29 bits per heavy atom. The molecule has 0 saturated heterocycles. The van der Waals surface area contributed by atoms with E-state index in [4.69, 9.17) is 4.74 Å². The monoisotopic (exact) mass is 430 g/mol. The van der Waals surface area contributed by atoms with Gasteiger partial charge in [0.2, 0.25) is 0 Å². The lowest BCUT2D eigenvalue weighted by molar-refractivity contribution is -0.174. The average Bonchev–Trinajstić information content (AvgIpc) is 3.04. The largest absolute Gasteiger partial charge is 0.462 e. The van der Waals surface area contributed by atoms with Gasteiger partial charge in [-0.1, -0.05) is 53.9 Å². The second-order valence-corrected chi connectivity index (χ2v) is 13.1. The summed E-state index contributed by atoms with van der Waals surface area (Å²) in [5, 5.41) is 0. The summed E-state index contributed by atoms with van der Waals surface area (Å²) < 4.78 is 5.88. The highest BCUT2D eigenvalue weighted by Gasteiger charge is 2.61. The van der Waals surface area contributed by atoms with Crippen molar-refractivity contribution in [2.45, 2.75) is 125 Å². The third-order valence-electron chi connectivity index (χ3n) is 11.1. The number of hydrogen-bond acceptors (Lipinski definition) is 2. The molecule has 0 aliphatic heterocycles. The summed E-state index contributed by atoms with van der Waals surface area (Å²) in [5.74, 6) is 5.92. The maximum Gasteiger partial charge on any atom is 0.302 e. The molecule has 0 bridgehead atoms. The minimum absolute atomic E-state index is 0.0716. The molecule has 0 aromatic carbocycles. The highest BCUT2D eigenvalue weighted by Crippen LogP contribution is 2.68. The van der Waals surface area contributed by atoms with Crippen LogP contribution in [0.3, 0.4) is 0 Å². The molecule has 0 aromatic heterocycles. The first kappa shape index (κ1) is 23.6. The Morgan fingerprint density at radius 1 is 0.871 bits per heavy atom. The Morgan fingerprint density at radius 2 is 1.58 bits per heavy atom. The normalized spacial score (nSPS) is 45.5. The Hall–Kier alpha value is -0.530. The number of fused-ring (bicyclic) bond motifs is 5. The van der Waals surface area contributed by atoms with E-state index in [2.05, 4.69) is 34.6 Å². The van der Waals surface area contributed by atoms with Gasteiger partial charge in [-0.25, -0.2) is 0 Å². The summed E-state index contributed by atoms with van der Waals surface area (Å²) >= 11 is 0.